The van der Waals surface area contributed by atoms with Gasteiger partial charge in [0.15, 0.2) is 5.78 Å². The van der Waals surface area contributed by atoms with Crippen molar-refractivity contribution in [1.29, 1.82) is 0 Å². The second-order valence-electron chi connectivity index (χ2n) is 4.15. The van der Waals surface area contributed by atoms with Gasteiger partial charge in [-0.1, -0.05) is 11.6 Å². The van der Waals surface area contributed by atoms with Gasteiger partial charge in [0.25, 0.3) is 0 Å². The zero-order valence-corrected chi connectivity index (χ0v) is 10.5. The number of Topliss-reactive ketones (excluding diaryl/α,β-unsaturated/α-hetero) is 1. The number of methoxy groups -OCH3 is 1. The van der Waals surface area contributed by atoms with Gasteiger partial charge in [0, 0.05) is 43.8 Å². The molecule has 0 spiro atoms. The fourth-order valence-corrected chi connectivity index (χ4v) is 2.22. The third-order valence-electron chi connectivity index (χ3n) is 3.21. The lowest BCUT2D eigenvalue weighted by Gasteiger charge is -2.34. The van der Waals surface area contributed by atoms with E-state index < -0.39 is 5.60 Å². The van der Waals surface area contributed by atoms with Gasteiger partial charge in [-0.2, -0.15) is 0 Å². The first-order chi connectivity index (χ1) is 8.18. The largest absolute Gasteiger partial charge is 0.381 e. The minimum absolute atomic E-state index is 0.0139. The molecule has 2 rings (SSSR count). The van der Waals surface area contributed by atoms with Crippen LogP contribution in [0.1, 0.15) is 23.2 Å². The molecule has 0 saturated carbocycles. The van der Waals surface area contributed by atoms with E-state index in [-0.39, 0.29) is 5.78 Å². The number of ether oxygens (including phenoxy) is 2. The van der Waals surface area contributed by atoms with Crippen molar-refractivity contribution in [2.24, 2.45) is 0 Å². The Morgan fingerprint density at radius 2 is 1.88 bits per heavy atom. The summed E-state index contributed by atoms with van der Waals surface area (Å²) in [7, 11) is 1.58. The van der Waals surface area contributed by atoms with Gasteiger partial charge in [0.05, 0.1) is 0 Å². The van der Waals surface area contributed by atoms with Crippen LogP contribution in [0.15, 0.2) is 24.3 Å². The van der Waals surface area contributed by atoms with E-state index in [0.29, 0.717) is 36.6 Å². The number of carbonyl (C=O) groups is 1. The first-order valence-electron chi connectivity index (χ1n) is 5.61. The van der Waals surface area contributed by atoms with E-state index in [1.807, 2.05) is 0 Å². The summed E-state index contributed by atoms with van der Waals surface area (Å²) in [5.41, 5.74) is -0.0929. The quantitative estimate of drug-likeness (QED) is 0.778. The van der Waals surface area contributed by atoms with E-state index >= 15 is 0 Å². The molecule has 0 N–H and O–H groups in total. The Labute approximate surface area is 106 Å². The first-order valence-corrected chi connectivity index (χ1v) is 5.99. The van der Waals surface area contributed by atoms with Gasteiger partial charge in [0.1, 0.15) is 5.60 Å². The molecular weight excluding hydrogens is 240 g/mol. The van der Waals surface area contributed by atoms with Crippen LogP contribution in [-0.2, 0) is 9.47 Å². The van der Waals surface area contributed by atoms with E-state index in [4.69, 9.17) is 21.1 Å². The number of hydrogen-bond acceptors (Lipinski definition) is 3. The van der Waals surface area contributed by atoms with Crippen LogP contribution < -0.4 is 0 Å². The van der Waals surface area contributed by atoms with E-state index in [9.17, 15) is 4.79 Å². The minimum atomic E-state index is -0.730. The Kier molecular flexibility index (Phi) is 3.82. The highest BCUT2D eigenvalue weighted by atomic mass is 35.5. The maximum Gasteiger partial charge on any atom is 0.194 e. The molecule has 17 heavy (non-hydrogen) atoms. The molecule has 1 fully saturated rings. The molecule has 0 aliphatic carbocycles. The van der Waals surface area contributed by atoms with Gasteiger partial charge in [-0.15, -0.1) is 0 Å². The van der Waals surface area contributed by atoms with Crippen LogP contribution in [0.25, 0.3) is 0 Å². The van der Waals surface area contributed by atoms with Crippen molar-refractivity contribution in [3.05, 3.63) is 34.9 Å². The Bertz CT molecular complexity index is 394. The SMILES string of the molecule is COC1(C(=O)c2ccc(Cl)cc2)CCOCC1. The Balaban J connectivity index is 2.25. The average molecular weight is 255 g/mol. The number of rotatable bonds is 3. The van der Waals surface area contributed by atoms with Gasteiger partial charge in [-0.25, -0.2) is 0 Å². The Morgan fingerprint density at radius 1 is 1.29 bits per heavy atom. The van der Waals surface area contributed by atoms with Crippen molar-refractivity contribution < 1.29 is 14.3 Å². The number of halogens is 1. The summed E-state index contributed by atoms with van der Waals surface area (Å²) in [6, 6.07) is 6.91. The monoisotopic (exact) mass is 254 g/mol. The van der Waals surface area contributed by atoms with Gasteiger partial charge in [0.2, 0.25) is 0 Å². The standard InChI is InChI=1S/C13H15ClO3/c1-16-13(6-8-17-9-7-13)12(15)10-2-4-11(14)5-3-10/h2-5H,6-9H2,1H3. The molecule has 0 radical (unpaired) electrons. The lowest BCUT2D eigenvalue weighted by molar-refractivity contribution is -0.0663. The third-order valence-corrected chi connectivity index (χ3v) is 3.46. The molecule has 1 aromatic rings. The van der Waals surface area contributed by atoms with E-state index in [1.165, 1.54) is 0 Å². The maximum atomic E-state index is 12.4. The molecule has 0 atom stereocenters. The number of carbonyl (C=O) groups excluding carboxylic acids is 1. The second-order valence-corrected chi connectivity index (χ2v) is 4.58. The van der Waals surface area contributed by atoms with E-state index in [0.717, 1.165) is 0 Å². The van der Waals surface area contributed by atoms with Crippen LogP contribution in [-0.4, -0.2) is 31.7 Å². The van der Waals surface area contributed by atoms with Crippen molar-refractivity contribution in [2.45, 2.75) is 18.4 Å². The molecule has 92 valence electrons. The molecule has 0 amide bonds. The van der Waals surface area contributed by atoms with Crippen LogP contribution in [0.3, 0.4) is 0 Å². The van der Waals surface area contributed by atoms with Crippen molar-refractivity contribution in [1.82, 2.24) is 0 Å². The van der Waals surface area contributed by atoms with Gasteiger partial charge < -0.3 is 9.47 Å². The molecule has 1 saturated heterocycles. The van der Waals surface area contributed by atoms with Crippen LogP contribution in [0.4, 0.5) is 0 Å². The maximum absolute atomic E-state index is 12.4. The number of hydrogen-bond donors (Lipinski definition) is 0. The number of ketones is 1. The molecule has 1 aromatic carbocycles. The third kappa shape index (κ3) is 2.51. The predicted molar refractivity (Wildman–Crippen MR) is 65.6 cm³/mol. The minimum Gasteiger partial charge on any atom is -0.381 e. The van der Waals surface area contributed by atoms with Gasteiger partial charge in [-0.05, 0) is 24.3 Å². The molecule has 0 unspecified atom stereocenters. The Morgan fingerprint density at radius 3 is 2.41 bits per heavy atom. The molecule has 4 heteroatoms. The van der Waals surface area contributed by atoms with Crippen LogP contribution in [0, 0.1) is 0 Å². The van der Waals surface area contributed by atoms with Crippen molar-refractivity contribution in [3.63, 3.8) is 0 Å². The Hall–Kier alpha value is -0.900. The lowest BCUT2D eigenvalue weighted by Crippen LogP contribution is -2.45. The fourth-order valence-electron chi connectivity index (χ4n) is 2.09. The molecule has 1 heterocycles. The summed E-state index contributed by atoms with van der Waals surface area (Å²) in [4.78, 5) is 12.4. The summed E-state index contributed by atoms with van der Waals surface area (Å²) < 4.78 is 10.7. The van der Waals surface area contributed by atoms with Crippen LogP contribution in [0.5, 0.6) is 0 Å². The zero-order valence-electron chi connectivity index (χ0n) is 9.74. The topological polar surface area (TPSA) is 35.5 Å². The fraction of sp³-hybridized carbons (Fsp3) is 0.462. The van der Waals surface area contributed by atoms with Gasteiger partial charge in [-0.3, -0.25) is 4.79 Å². The average Bonchev–Trinajstić information content (AvgIpc) is 2.39. The summed E-state index contributed by atoms with van der Waals surface area (Å²) in [5.74, 6) is 0.0139. The summed E-state index contributed by atoms with van der Waals surface area (Å²) in [6.45, 7) is 1.13. The highest BCUT2D eigenvalue weighted by molar-refractivity contribution is 6.30. The summed E-state index contributed by atoms with van der Waals surface area (Å²) in [6.07, 6.45) is 1.20. The molecule has 0 bridgehead atoms. The van der Waals surface area contributed by atoms with E-state index in [1.54, 1.807) is 31.4 Å². The van der Waals surface area contributed by atoms with Crippen LogP contribution >= 0.6 is 11.6 Å². The number of benzene rings is 1. The highest BCUT2D eigenvalue weighted by Gasteiger charge is 2.40. The smallest absolute Gasteiger partial charge is 0.194 e. The normalized spacial score (nSPS) is 18.9. The molecule has 3 nitrogen and oxygen atoms in total. The van der Waals surface area contributed by atoms with Gasteiger partial charge >= 0.3 is 0 Å². The zero-order chi connectivity index (χ0) is 12.3. The molecule has 0 aromatic heterocycles. The highest BCUT2D eigenvalue weighted by Crippen LogP contribution is 2.29. The van der Waals surface area contributed by atoms with Crippen molar-refractivity contribution in [3.8, 4) is 0 Å². The second kappa shape index (κ2) is 5.17. The summed E-state index contributed by atoms with van der Waals surface area (Å²) in [5, 5.41) is 0.625. The van der Waals surface area contributed by atoms with Crippen molar-refractivity contribution in [2.75, 3.05) is 20.3 Å². The first kappa shape index (κ1) is 12.6. The molecule has 1 aliphatic heterocycles. The molecular formula is C13H15ClO3. The molecule has 1 aliphatic rings. The predicted octanol–water partition coefficient (Wildman–Crippen LogP) is 2.72. The van der Waals surface area contributed by atoms with Crippen LogP contribution in [0.2, 0.25) is 5.02 Å². The summed E-state index contributed by atoms with van der Waals surface area (Å²) >= 11 is 5.81. The van der Waals surface area contributed by atoms with Crippen molar-refractivity contribution >= 4 is 17.4 Å². The lowest BCUT2D eigenvalue weighted by atomic mass is 9.86. The van der Waals surface area contributed by atoms with E-state index in [2.05, 4.69) is 0 Å².